The molecule has 7 heteroatoms. The SMILES string of the molecule is C/C=C\N(C)[CH-]Nc1[c-]c(N2C=CN(C)[CH-]2)cc(-c2c(C(C)C)cc(C(C)C)cc2C(C)C)c1.N#Cc1ccc2[n-]c3ccccc3c2c1.[Pt+4]. The van der Waals surface area contributed by atoms with Gasteiger partial charge in [0.15, 0.2) is 0 Å². The molecule has 2 heterocycles. The van der Waals surface area contributed by atoms with E-state index in [2.05, 4.69) is 117 Å². The maximum atomic E-state index is 8.84. The number of para-hydroxylation sites is 1. The van der Waals surface area contributed by atoms with Gasteiger partial charge in [-0.25, -0.2) is 0 Å². The van der Waals surface area contributed by atoms with E-state index in [4.69, 9.17) is 5.26 Å². The van der Waals surface area contributed by atoms with Crippen molar-refractivity contribution in [3.05, 3.63) is 133 Å². The number of aromatic nitrogens is 1. The Labute approximate surface area is 313 Å². The molecule has 1 N–H and O–H groups in total. The topological polar surface area (TPSA) is 59.6 Å². The first-order valence-electron chi connectivity index (χ1n) is 17.1. The number of fused-ring (bicyclic) bond motifs is 3. The van der Waals surface area contributed by atoms with Gasteiger partial charge in [0.1, 0.15) is 0 Å². The predicted octanol–water partition coefficient (Wildman–Crippen LogP) is 10.7. The molecule has 6 nitrogen and oxygen atoms in total. The van der Waals surface area contributed by atoms with Crippen molar-refractivity contribution in [2.45, 2.75) is 66.2 Å². The molecule has 0 fully saturated rings. The predicted molar refractivity (Wildman–Crippen MR) is 207 cm³/mol. The Kier molecular flexibility index (Phi) is 13.0. The summed E-state index contributed by atoms with van der Waals surface area (Å²) in [5.41, 5.74) is 11.4. The van der Waals surface area contributed by atoms with Crippen molar-refractivity contribution in [3.63, 3.8) is 0 Å². The van der Waals surface area contributed by atoms with Gasteiger partial charge in [0.05, 0.1) is 11.6 Å². The fourth-order valence-electron chi connectivity index (χ4n) is 6.09. The number of nitrogens with one attached hydrogen (secondary N) is 1. The van der Waals surface area contributed by atoms with Crippen molar-refractivity contribution in [2.75, 3.05) is 24.3 Å². The van der Waals surface area contributed by atoms with Crippen molar-refractivity contribution < 1.29 is 21.1 Å². The van der Waals surface area contributed by atoms with Crippen molar-refractivity contribution in [1.29, 1.82) is 5.26 Å². The Hall–Kier alpha value is -4.46. The third kappa shape index (κ3) is 8.81. The molecule has 0 atom stereocenters. The number of allylic oxidation sites excluding steroid dienone is 1. The molecular weight excluding hydrogens is 796 g/mol. The zero-order chi connectivity index (χ0) is 35.2. The molecule has 0 bridgehead atoms. The molecule has 0 unspecified atom stereocenters. The molecule has 0 spiro atoms. The first kappa shape index (κ1) is 38.3. The second-order valence-electron chi connectivity index (χ2n) is 13.6. The molecule has 50 heavy (non-hydrogen) atoms. The molecule has 6 rings (SSSR count). The number of anilines is 2. The van der Waals surface area contributed by atoms with E-state index < -0.39 is 0 Å². The monoisotopic (exact) mass is 843 g/mol. The van der Waals surface area contributed by atoms with Crippen LogP contribution in [0.4, 0.5) is 11.4 Å². The van der Waals surface area contributed by atoms with Crippen LogP contribution in [0.2, 0.25) is 0 Å². The molecule has 5 aromatic rings. The zero-order valence-electron chi connectivity index (χ0n) is 30.6. The maximum Gasteiger partial charge on any atom is 4.00 e. The van der Waals surface area contributed by atoms with Crippen LogP contribution in [-0.4, -0.2) is 23.9 Å². The fourth-order valence-corrected chi connectivity index (χ4v) is 6.09. The second kappa shape index (κ2) is 17.0. The van der Waals surface area contributed by atoms with E-state index in [0.29, 0.717) is 23.3 Å². The smallest absolute Gasteiger partial charge is 0.657 e. The Bertz CT molecular complexity index is 1980. The van der Waals surface area contributed by atoms with Crippen LogP contribution in [0.3, 0.4) is 0 Å². The summed E-state index contributed by atoms with van der Waals surface area (Å²) in [6, 6.07) is 28.6. The van der Waals surface area contributed by atoms with E-state index >= 15 is 0 Å². The largest absolute Gasteiger partial charge is 4.00 e. The van der Waals surface area contributed by atoms with Crippen molar-refractivity contribution in [3.8, 4) is 17.2 Å². The third-order valence-electron chi connectivity index (χ3n) is 8.69. The van der Waals surface area contributed by atoms with Gasteiger partial charge in [-0.15, -0.1) is 46.2 Å². The summed E-state index contributed by atoms with van der Waals surface area (Å²) < 4.78 is 0. The van der Waals surface area contributed by atoms with Crippen LogP contribution >= 0.6 is 0 Å². The molecule has 260 valence electrons. The fraction of sp³-hybridized carbons (Fsp3) is 0.279. The van der Waals surface area contributed by atoms with Gasteiger partial charge >= 0.3 is 21.1 Å². The Morgan fingerprint density at radius 2 is 1.58 bits per heavy atom. The first-order chi connectivity index (χ1) is 23.5. The maximum absolute atomic E-state index is 8.84. The van der Waals surface area contributed by atoms with E-state index in [1.54, 1.807) is 6.07 Å². The summed E-state index contributed by atoms with van der Waals surface area (Å²) in [5.74, 6) is 1.34. The summed E-state index contributed by atoms with van der Waals surface area (Å²) in [6.45, 7) is 19.8. The quantitative estimate of drug-likeness (QED) is 0.149. The van der Waals surface area contributed by atoms with Crippen molar-refractivity contribution in [2.24, 2.45) is 0 Å². The minimum atomic E-state index is 0. The van der Waals surface area contributed by atoms with Gasteiger partial charge in [0.25, 0.3) is 0 Å². The summed E-state index contributed by atoms with van der Waals surface area (Å²) in [6.07, 6.45) is 8.16. The standard InChI is InChI=1S/C30H41N4.C13H7N2.Pt/c1-10-11-32(8)19-31-26-14-25(15-27(18-26)34-13-12-33(9)20-34)30-28(22(4)5)16-24(21(2)3)17-29(30)23(6)7;14-8-9-5-6-13-11(7-9)10-3-1-2-4-12(10)15-13;/h10-17,19-23,31H,1-9H3;1-7H;/q-3;-1;+4/b11-10-;;. The molecule has 0 amide bonds. The summed E-state index contributed by atoms with van der Waals surface area (Å²) in [7, 11) is 4.06. The van der Waals surface area contributed by atoms with Crippen LogP contribution in [0.25, 0.3) is 32.9 Å². The zero-order valence-corrected chi connectivity index (χ0v) is 32.9. The number of nitrogens with zero attached hydrogens (tertiary/aromatic N) is 5. The van der Waals surface area contributed by atoms with E-state index in [1.807, 2.05) is 81.3 Å². The van der Waals surface area contributed by atoms with Gasteiger partial charge in [-0.05, 0) is 103 Å². The average Bonchev–Trinajstić information content (AvgIpc) is 3.70. The van der Waals surface area contributed by atoms with Crippen LogP contribution in [0, 0.1) is 30.7 Å². The van der Waals surface area contributed by atoms with Crippen molar-refractivity contribution >= 4 is 33.2 Å². The normalized spacial score (nSPS) is 12.6. The van der Waals surface area contributed by atoms with Gasteiger partial charge < -0.3 is 25.0 Å². The molecule has 1 aliphatic heterocycles. The molecule has 0 radical (unpaired) electrons. The molecule has 0 saturated carbocycles. The van der Waals surface area contributed by atoms with Crippen LogP contribution < -0.4 is 15.2 Å². The number of hydrogen-bond donors (Lipinski definition) is 1. The van der Waals surface area contributed by atoms with Gasteiger partial charge in [-0.2, -0.15) is 18.6 Å². The van der Waals surface area contributed by atoms with Gasteiger partial charge in [0.2, 0.25) is 0 Å². The Balaban J connectivity index is 0.000000290. The average molecular weight is 844 g/mol. The number of nitriles is 1. The van der Waals surface area contributed by atoms with Crippen LogP contribution in [0.15, 0.2) is 91.4 Å². The number of hydrogen-bond acceptors (Lipinski definition) is 5. The molecule has 0 aliphatic carbocycles. The Morgan fingerprint density at radius 1 is 0.900 bits per heavy atom. The molecule has 4 aromatic carbocycles. The molecule has 1 aliphatic rings. The first-order valence-corrected chi connectivity index (χ1v) is 17.1. The summed E-state index contributed by atoms with van der Waals surface area (Å²) in [5, 5.41) is 14.5. The van der Waals surface area contributed by atoms with E-state index in [1.165, 1.54) is 27.8 Å². The summed E-state index contributed by atoms with van der Waals surface area (Å²) >= 11 is 0. The molecule has 1 aromatic heterocycles. The minimum Gasteiger partial charge on any atom is -0.657 e. The second-order valence-corrected chi connectivity index (χ2v) is 13.6. The number of benzene rings is 4. The van der Waals surface area contributed by atoms with E-state index in [9.17, 15) is 0 Å². The molecule has 0 saturated heterocycles. The van der Waals surface area contributed by atoms with E-state index in [0.717, 1.165) is 33.2 Å². The van der Waals surface area contributed by atoms with Gasteiger partial charge in [-0.1, -0.05) is 90.1 Å². The van der Waals surface area contributed by atoms with Gasteiger partial charge in [-0.3, -0.25) is 0 Å². The van der Waals surface area contributed by atoms with Crippen LogP contribution in [-0.2, 0) is 21.1 Å². The van der Waals surface area contributed by atoms with Crippen LogP contribution in [0.5, 0.6) is 0 Å². The van der Waals surface area contributed by atoms with E-state index in [-0.39, 0.29) is 21.1 Å². The molecular formula is C43H48N6Pt. The Morgan fingerprint density at radius 3 is 2.18 bits per heavy atom. The number of rotatable bonds is 9. The minimum absolute atomic E-state index is 0. The summed E-state index contributed by atoms with van der Waals surface area (Å²) in [4.78, 5) is 10.7. The van der Waals surface area contributed by atoms with Gasteiger partial charge in [0, 0.05) is 0 Å². The van der Waals surface area contributed by atoms with Crippen LogP contribution in [0.1, 0.15) is 88.5 Å². The third-order valence-corrected chi connectivity index (χ3v) is 8.69. The van der Waals surface area contributed by atoms with Crippen molar-refractivity contribution in [1.82, 2.24) is 14.8 Å².